The van der Waals surface area contributed by atoms with Crippen LogP contribution in [0.25, 0.3) is 0 Å². The number of benzene rings is 2. The molecule has 0 atom stereocenters. The molecule has 0 aliphatic carbocycles. The van der Waals surface area contributed by atoms with E-state index >= 15 is 0 Å². The summed E-state index contributed by atoms with van der Waals surface area (Å²) >= 11 is 0. The van der Waals surface area contributed by atoms with Crippen LogP contribution in [-0.4, -0.2) is 23.8 Å². The average Bonchev–Trinajstić information content (AvgIpc) is 2.72. The van der Waals surface area contributed by atoms with Gasteiger partial charge in [-0.25, -0.2) is 4.79 Å². The smallest absolute Gasteiger partial charge is 0.337 e. The zero-order chi connectivity index (χ0) is 18.2. The van der Waals surface area contributed by atoms with Crippen molar-refractivity contribution < 1.29 is 14.4 Å². The summed E-state index contributed by atoms with van der Waals surface area (Å²) in [7, 11) is 1.36. The summed E-state index contributed by atoms with van der Waals surface area (Å²) in [6.45, 7) is 0.295. The van der Waals surface area contributed by atoms with Crippen LogP contribution in [0.4, 0.5) is 0 Å². The Labute approximate surface area is 151 Å². The van der Waals surface area contributed by atoms with Crippen molar-refractivity contribution in [2.45, 2.75) is 6.61 Å². The number of carbonyl (C=O) groups is 1. The molecule has 0 unspecified atom stereocenters. The molecular weight excluding hydrogens is 328 g/mol. The van der Waals surface area contributed by atoms with E-state index in [-0.39, 0.29) is 5.97 Å². The molecule has 0 bridgehead atoms. The molecule has 1 aromatic heterocycles. The Bertz CT molecular complexity index is 835. The van der Waals surface area contributed by atoms with Gasteiger partial charge in [-0.15, -0.1) is 0 Å². The average molecular weight is 346 g/mol. The Morgan fingerprint density at radius 3 is 2.19 bits per heavy atom. The predicted molar refractivity (Wildman–Crippen MR) is 98.9 cm³/mol. The second-order valence-electron chi connectivity index (χ2n) is 5.50. The number of ether oxygens (including phenoxy) is 1. The maximum absolute atomic E-state index is 11.5. The van der Waals surface area contributed by atoms with Crippen molar-refractivity contribution >= 4 is 11.7 Å². The largest absolute Gasteiger partial charge is 0.465 e. The van der Waals surface area contributed by atoms with Gasteiger partial charge in [-0.1, -0.05) is 47.6 Å². The van der Waals surface area contributed by atoms with Crippen molar-refractivity contribution in [3.05, 3.63) is 101 Å². The summed E-state index contributed by atoms with van der Waals surface area (Å²) in [4.78, 5) is 21.1. The molecule has 0 N–H and O–H groups in total. The third-order valence-electron chi connectivity index (χ3n) is 3.76. The van der Waals surface area contributed by atoms with Gasteiger partial charge in [0.25, 0.3) is 0 Å². The van der Waals surface area contributed by atoms with E-state index in [2.05, 4.69) is 14.9 Å². The van der Waals surface area contributed by atoms with Crippen molar-refractivity contribution in [1.82, 2.24) is 4.98 Å². The number of methoxy groups -OCH3 is 1. The van der Waals surface area contributed by atoms with E-state index in [0.717, 1.165) is 22.4 Å². The highest BCUT2D eigenvalue weighted by atomic mass is 16.6. The summed E-state index contributed by atoms with van der Waals surface area (Å²) in [5, 5.41) is 4.33. The van der Waals surface area contributed by atoms with Crippen LogP contribution in [0.15, 0.2) is 84.3 Å². The lowest BCUT2D eigenvalue weighted by molar-refractivity contribution is 0.0600. The van der Waals surface area contributed by atoms with Crippen LogP contribution in [0, 0.1) is 0 Å². The van der Waals surface area contributed by atoms with Gasteiger partial charge in [-0.3, -0.25) is 4.98 Å². The molecule has 1 heterocycles. The van der Waals surface area contributed by atoms with E-state index in [0.29, 0.717) is 12.2 Å². The third kappa shape index (κ3) is 4.33. The molecule has 5 heteroatoms. The monoisotopic (exact) mass is 346 g/mol. The molecule has 3 aromatic rings. The van der Waals surface area contributed by atoms with Gasteiger partial charge in [0.05, 0.1) is 12.7 Å². The standard InChI is InChI=1S/C21H18N2O3/c1-25-21(24)19-9-7-16(8-10-19)15-26-23-20(17-5-3-2-4-6-17)18-11-13-22-14-12-18/h2-14H,15H2,1H3/b23-20-. The number of aromatic nitrogens is 1. The first-order chi connectivity index (χ1) is 12.8. The Morgan fingerprint density at radius 2 is 1.54 bits per heavy atom. The molecule has 2 aromatic carbocycles. The van der Waals surface area contributed by atoms with E-state index in [4.69, 9.17) is 4.84 Å². The fourth-order valence-electron chi connectivity index (χ4n) is 2.40. The number of nitrogens with zero attached hydrogens (tertiary/aromatic N) is 2. The zero-order valence-electron chi connectivity index (χ0n) is 14.3. The first kappa shape index (κ1) is 17.4. The highest BCUT2D eigenvalue weighted by Crippen LogP contribution is 2.12. The number of rotatable bonds is 6. The van der Waals surface area contributed by atoms with Crippen molar-refractivity contribution in [2.24, 2.45) is 5.16 Å². The molecule has 0 aliphatic rings. The van der Waals surface area contributed by atoms with E-state index in [1.54, 1.807) is 24.5 Å². The Morgan fingerprint density at radius 1 is 0.885 bits per heavy atom. The minimum absolute atomic E-state index is 0.295. The van der Waals surface area contributed by atoms with Crippen LogP contribution in [-0.2, 0) is 16.2 Å². The fourth-order valence-corrected chi connectivity index (χ4v) is 2.40. The molecule has 0 amide bonds. The van der Waals surface area contributed by atoms with E-state index in [1.165, 1.54) is 7.11 Å². The molecule has 0 radical (unpaired) electrons. The first-order valence-corrected chi connectivity index (χ1v) is 8.11. The molecule has 0 aliphatic heterocycles. The van der Waals surface area contributed by atoms with E-state index in [9.17, 15) is 4.79 Å². The van der Waals surface area contributed by atoms with Crippen molar-refractivity contribution in [1.29, 1.82) is 0 Å². The van der Waals surface area contributed by atoms with Gasteiger partial charge in [0.2, 0.25) is 0 Å². The number of hydrogen-bond donors (Lipinski definition) is 0. The number of carbonyl (C=O) groups excluding carboxylic acids is 1. The lowest BCUT2D eigenvalue weighted by Gasteiger charge is -2.08. The molecule has 3 rings (SSSR count). The zero-order valence-corrected chi connectivity index (χ0v) is 14.3. The highest BCUT2D eigenvalue weighted by molar-refractivity contribution is 6.12. The van der Waals surface area contributed by atoms with Crippen LogP contribution in [0.5, 0.6) is 0 Å². The van der Waals surface area contributed by atoms with Gasteiger partial charge < -0.3 is 9.57 Å². The SMILES string of the molecule is COC(=O)c1ccc(CO/N=C(/c2ccccc2)c2ccncc2)cc1. The molecule has 130 valence electrons. The van der Waals surface area contributed by atoms with E-state index < -0.39 is 0 Å². The maximum Gasteiger partial charge on any atom is 0.337 e. The quantitative estimate of drug-likeness (QED) is 0.386. The normalized spacial score (nSPS) is 11.0. The van der Waals surface area contributed by atoms with E-state index in [1.807, 2.05) is 54.6 Å². The van der Waals surface area contributed by atoms with Crippen LogP contribution in [0.1, 0.15) is 27.0 Å². The molecule has 0 spiro atoms. The van der Waals surface area contributed by atoms with Crippen molar-refractivity contribution in [2.75, 3.05) is 7.11 Å². The molecule has 0 fully saturated rings. The lowest BCUT2D eigenvalue weighted by atomic mass is 10.0. The third-order valence-corrected chi connectivity index (χ3v) is 3.76. The second-order valence-corrected chi connectivity index (χ2v) is 5.50. The minimum atomic E-state index is -0.362. The first-order valence-electron chi connectivity index (χ1n) is 8.11. The summed E-state index contributed by atoms with van der Waals surface area (Å²) in [6.07, 6.45) is 3.44. The van der Waals surface area contributed by atoms with Gasteiger partial charge >= 0.3 is 5.97 Å². The Hall–Kier alpha value is -3.47. The summed E-state index contributed by atoms with van der Waals surface area (Å²) < 4.78 is 4.69. The molecular formula is C21H18N2O3. The van der Waals surface area contributed by atoms with Gasteiger partial charge in [0.15, 0.2) is 0 Å². The van der Waals surface area contributed by atoms with Gasteiger partial charge in [0.1, 0.15) is 12.3 Å². The van der Waals surface area contributed by atoms with Crippen LogP contribution < -0.4 is 0 Å². The second kappa shape index (κ2) is 8.58. The molecule has 26 heavy (non-hydrogen) atoms. The number of oxime groups is 1. The maximum atomic E-state index is 11.5. The number of pyridine rings is 1. The number of esters is 1. The van der Waals surface area contributed by atoms with Crippen molar-refractivity contribution in [3.8, 4) is 0 Å². The van der Waals surface area contributed by atoms with Crippen molar-refractivity contribution in [3.63, 3.8) is 0 Å². The lowest BCUT2D eigenvalue weighted by Crippen LogP contribution is -2.05. The molecule has 0 saturated carbocycles. The summed E-state index contributed by atoms with van der Waals surface area (Å²) in [6, 6.07) is 20.6. The van der Waals surface area contributed by atoms with Crippen LogP contribution in [0.2, 0.25) is 0 Å². The Kier molecular flexibility index (Phi) is 5.72. The fraction of sp³-hybridized carbons (Fsp3) is 0.0952. The minimum Gasteiger partial charge on any atom is -0.465 e. The molecule has 0 saturated heterocycles. The van der Waals surface area contributed by atoms with Crippen LogP contribution >= 0.6 is 0 Å². The van der Waals surface area contributed by atoms with Gasteiger partial charge in [0, 0.05) is 23.5 Å². The number of hydrogen-bond acceptors (Lipinski definition) is 5. The summed E-state index contributed by atoms with van der Waals surface area (Å²) in [5.41, 5.74) is 4.02. The Balaban J connectivity index is 1.76. The van der Waals surface area contributed by atoms with Gasteiger partial charge in [-0.05, 0) is 29.8 Å². The molecule has 5 nitrogen and oxygen atoms in total. The summed E-state index contributed by atoms with van der Waals surface area (Å²) in [5.74, 6) is -0.362. The highest BCUT2D eigenvalue weighted by Gasteiger charge is 2.08. The predicted octanol–water partition coefficient (Wildman–Crippen LogP) is 3.84. The topological polar surface area (TPSA) is 60.8 Å². The van der Waals surface area contributed by atoms with Gasteiger partial charge in [-0.2, -0.15) is 0 Å². The van der Waals surface area contributed by atoms with Crippen LogP contribution in [0.3, 0.4) is 0 Å².